The lowest BCUT2D eigenvalue weighted by Crippen LogP contribution is -2.29. The molecule has 2 atom stereocenters. The number of hydrogen-bond acceptors (Lipinski definition) is 7. The topological polar surface area (TPSA) is 90.9 Å². The lowest BCUT2D eigenvalue weighted by Gasteiger charge is -2.25. The molecule has 0 radical (unpaired) electrons. The number of aromatic hydroxyl groups is 1. The minimum Gasteiger partial charge on any atom is -0.507 e. The molecule has 3 N–H and O–H groups in total. The number of para-hydroxylation sites is 1. The third kappa shape index (κ3) is 4.71. The second-order valence-electron chi connectivity index (χ2n) is 7.55. The van der Waals surface area contributed by atoms with Gasteiger partial charge in [-0.2, -0.15) is 0 Å². The number of hydrogen-bond donors (Lipinski definition) is 2. The maximum absolute atomic E-state index is 10.1. The highest BCUT2D eigenvalue weighted by molar-refractivity contribution is 5.74. The first-order valence-corrected chi connectivity index (χ1v) is 10.8. The van der Waals surface area contributed by atoms with Crippen LogP contribution in [0.2, 0.25) is 0 Å². The van der Waals surface area contributed by atoms with E-state index in [4.69, 9.17) is 5.73 Å². The van der Waals surface area contributed by atoms with Crippen LogP contribution < -0.4 is 10.6 Å². The van der Waals surface area contributed by atoms with Crippen molar-refractivity contribution in [1.29, 1.82) is 0 Å². The number of anilines is 2. The van der Waals surface area contributed by atoms with Gasteiger partial charge in [0, 0.05) is 62.5 Å². The fourth-order valence-electron chi connectivity index (χ4n) is 4.32. The number of phenols is 1. The molecule has 3 heterocycles. The maximum atomic E-state index is 10.1. The van der Waals surface area contributed by atoms with Gasteiger partial charge in [-0.3, -0.25) is 4.99 Å². The molecule has 2 aliphatic heterocycles. The van der Waals surface area contributed by atoms with Gasteiger partial charge in [0.15, 0.2) is 5.82 Å². The van der Waals surface area contributed by atoms with E-state index in [0.717, 1.165) is 37.6 Å². The summed E-state index contributed by atoms with van der Waals surface area (Å²) < 4.78 is 0. The minimum absolute atomic E-state index is 0.186. The van der Waals surface area contributed by atoms with Crippen molar-refractivity contribution in [1.82, 2.24) is 15.1 Å². The van der Waals surface area contributed by atoms with E-state index in [1.54, 1.807) is 25.4 Å². The first-order valence-electron chi connectivity index (χ1n) is 10.8. The average Bonchev–Trinajstić information content (AvgIpc) is 3.36. The zero-order valence-corrected chi connectivity index (χ0v) is 18.6. The Morgan fingerprint density at radius 2 is 1.84 bits per heavy atom. The number of aromatic nitrogens is 2. The Kier molecular flexibility index (Phi) is 7.28. The van der Waals surface area contributed by atoms with E-state index in [0.29, 0.717) is 28.9 Å². The number of nitrogens with zero attached hydrogens (tertiary/aromatic N) is 5. The summed E-state index contributed by atoms with van der Waals surface area (Å²) in [5, 5.41) is 18.5. The summed E-state index contributed by atoms with van der Waals surface area (Å²) in [6, 6.07) is 9.07. The zero-order valence-electron chi connectivity index (χ0n) is 18.6. The summed E-state index contributed by atoms with van der Waals surface area (Å²) in [7, 11) is 1.77. The molecule has 2 aromatic rings. The van der Waals surface area contributed by atoms with Gasteiger partial charge in [-0.05, 0) is 30.4 Å². The van der Waals surface area contributed by atoms with Crippen molar-refractivity contribution in [2.45, 2.75) is 13.8 Å². The molecule has 4 rings (SSSR count). The Balaban J connectivity index is 0.00000132. The van der Waals surface area contributed by atoms with Gasteiger partial charge < -0.3 is 20.6 Å². The molecule has 31 heavy (non-hydrogen) atoms. The summed E-state index contributed by atoms with van der Waals surface area (Å²) in [6.45, 7) is 11.8. The van der Waals surface area contributed by atoms with Gasteiger partial charge >= 0.3 is 0 Å². The molecule has 2 unspecified atom stereocenters. The fourth-order valence-corrected chi connectivity index (χ4v) is 4.32. The number of fused-ring (bicyclic) bond motifs is 1. The minimum atomic E-state index is 0.186. The van der Waals surface area contributed by atoms with Crippen LogP contribution in [0.25, 0.3) is 11.3 Å². The van der Waals surface area contributed by atoms with Crippen LogP contribution >= 0.6 is 0 Å². The molecule has 2 saturated heterocycles. The molecule has 2 aliphatic rings. The second-order valence-corrected chi connectivity index (χ2v) is 7.55. The van der Waals surface area contributed by atoms with Crippen LogP contribution in [-0.2, 0) is 0 Å². The van der Waals surface area contributed by atoms with Gasteiger partial charge in [0.05, 0.1) is 11.4 Å². The van der Waals surface area contributed by atoms with E-state index >= 15 is 0 Å². The number of aliphatic imine (C=N–C) groups is 1. The van der Waals surface area contributed by atoms with Crippen LogP contribution in [0.5, 0.6) is 5.75 Å². The SMILES string of the molecule is C=C/C(=C\C=NC)N1CC2CN(c3cc(-c4ccccc4O)nnc3N)CC2C1.CC. The van der Waals surface area contributed by atoms with E-state index < -0.39 is 0 Å². The smallest absolute Gasteiger partial charge is 0.169 e. The van der Waals surface area contributed by atoms with Crippen molar-refractivity contribution in [2.75, 3.05) is 43.9 Å². The van der Waals surface area contributed by atoms with Crippen LogP contribution in [-0.4, -0.2) is 59.6 Å². The third-order valence-electron chi connectivity index (χ3n) is 5.78. The number of nitrogen functional groups attached to an aromatic ring is 1. The third-order valence-corrected chi connectivity index (χ3v) is 5.78. The molecule has 0 amide bonds. The Labute approximate surface area is 184 Å². The van der Waals surface area contributed by atoms with Crippen molar-refractivity contribution in [3.05, 3.63) is 54.8 Å². The van der Waals surface area contributed by atoms with E-state index in [1.807, 2.05) is 44.2 Å². The van der Waals surface area contributed by atoms with Crippen LogP contribution in [0, 0.1) is 11.8 Å². The number of likely N-dealkylation sites (tertiary alicyclic amines) is 1. The number of rotatable bonds is 5. The quantitative estimate of drug-likeness (QED) is 0.567. The lowest BCUT2D eigenvalue weighted by molar-refractivity contribution is 0.408. The number of nitrogens with two attached hydrogens (primary N) is 1. The summed E-state index contributed by atoms with van der Waals surface area (Å²) in [5.74, 6) is 1.72. The van der Waals surface area contributed by atoms with Gasteiger partial charge in [-0.25, -0.2) is 0 Å². The highest BCUT2D eigenvalue weighted by Gasteiger charge is 2.41. The number of phenolic OH excluding ortho intramolecular Hbond substituents is 1. The average molecular weight is 421 g/mol. The van der Waals surface area contributed by atoms with Crippen LogP contribution in [0.1, 0.15) is 13.8 Å². The second kappa shape index (κ2) is 10.1. The van der Waals surface area contributed by atoms with Gasteiger partial charge in [0.2, 0.25) is 0 Å². The highest BCUT2D eigenvalue weighted by Crippen LogP contribution is 2.38. The molecule has 164 valence electrons. The van der Waals surface area contributed by atoms with Crippen molar-refractivity contribution >= 4 is 17.7 Å². The highest BCUT2D eigenvalue weighted by atomic mass is 16.3. The Morgan fingerprint density at radius 3 is 2.45 bits per heavy atom. The molecule has 0 aliphatic carbocycles. The normalized spacial score (nSPS) is 20.5. The summed E-state index contributed by atoms with van der Waals surface area (Å²) in [6.07, 6.45) is 5.71. The molecule has 1 aromatic carbocycles. The van der Waals surface area contributed by atoms with Crippen LogP contribution in [0.4, 0.5) is 11.5 Å². The van der Waals surface area contributed by atoms with E-state index in [2.05, 4.69) is 31.6 Å². The molecule has 7 nitrogen and oxygen atoms in total. The van der Waals surface area contributed by atoms with E-state index in [-0.39, 0.29) is 5.75 Å². The zero-order chi connectivity index (χ0) is 22.4. The Morgan fingerprint density at radius 1 is 1.16 bits per heavy atom. The molecule has 1 aromatic heterocycles. The maximum Gasteiger partial charge on any atom is 0.169 e. The fraction of sp³-hybridized carbons (Fsp3) is 0.375. The standard InChI is InChI=1S/C22H26N6O.C2H6/c1-3-17(8-9-24-2)27-11-15-13-28(14-16(15)12-27)20-10-19(25-26-22(20)23)18-6-4-5-7-21(18)29;1-2/h3-10,15-16,29H,1,11-14H2,2H3,(H2,23,26);1-2H3/b17-8+,24-9?;. The molecule has 7 heteroatoms. The van der Waals surface area contributed by atoms with Gasteiger partial charge in [-0.1, -0.05) is 32.6 Å². The van der Waals surface area contributed by atoms with Crippen molar-refractivity contribution in [2.24, 2.45) is 16.8 Å². The molecular formula is C24H32N6O. The summed E-state index contributed by atoms with van der Waals surface area (Å²) in [4.78, 5) is 8.71. The van der Waals surface area contributed by atoms with Crippen molar-refractivity contribution in [3.63, 3.8) is 0 Å². The molecular weight excluding hydrogens is 388 g/mol. The molecule has 0 bridgehead atoms. The van der Waals surface area contributed by atoms with Gasteiger partial charge in [0.25, 0.3) is 0 Å². The van der Waals surface area contributed by atoms with Crippen molar-refractivity contribution in [3.8, 4) is 17.0 Å². The predicted molar refractivity (Wildman–Crippen MR) is 128 cm³/mol. The number of benzene rings is 1. The summed E-state index contributed by atoms with van der Waals surface area (Å²) >= 11 is 0. The van der Waals surface area contributed by atoms with Gasteiger partial charge in [0.1, 0.15) is 5.75 Å². The van der Waals surface area contributed by atoms with Crippen molar-refractivity contribution < 1.29 is 5.11 Å². The number of allylic oxidation sites excluding steroid dienone is 2. The molecule has 0 spiro atoms. The predicted octanol–water partition coefficient (Wildman–Crippen LogP) is 3.60. The van der Waals surface area contributed by atoms with E-state index in [1.165, 1.54) is 0 Å². The monoisotopic (exact) mass is 420 g/mol. The van der Waals surface area contributed by atoms with Crippen LogP contribution in [0.3, 0.4) is 0 Å². The van der Waals surface area contributed by atoms with Gasteiger partial charge in [-0.15, -0.1) is 10.2 Å². The lowest BCUT2D eigenvalue weighted by atomic mass is 10.0. The van der Waals surface area contributed by atoms with E-state index in [9.17, 15) is 5.11 Å². The molecule has 0 saturated carbocycles. The summed E-state index contributed by atoms with van der Waals surface area (Å²) in [5.41, 5.74) is 9.45. The first kappa shape index (κ1) is 22.3. The molecule has 2 fully saturated rings. The first-order chi connectivity index (χ1) is 15.1. The largest absolute Gasteiger partial charge is 0.507 e. The Bertz CT molecular complexity index is 956. The van der Waals surface area contributed by atoms with Crippen LogP contribution in [0.15, 0.2) is 59.8 Å². The Hall–Kier alpha value is -3.35.